The SMILES string of the molecule is CC1(C)c2cc(C#N)ccc2-c2c(-c3ccc(-c4ccc5ccccc5c4C4N=C(c5ccccc5)N=C(c5ccccc5)N4)cc3)cccc21. The Balaban J connectivity index is 1.17. The molecule has 1 aliphatic heterocycles. The van der Waals surface area contributed by atoms with Crippen molar-refractivity contribution in [2.24, 2.45) is 9.98 Å². The Morgan fingerprint density at radius 2 is 1.25 bits per heavy atom. The van der Waals surface area contributed by atoms with Crippen LogP contribution < -0.4 is 5.32 Å². The standard InChI is InChI=1S/C47H34N4/c1-47(2)40-19-11-18-36(42(40)39-26-20-30(29-48)28-41(39)47)32-21-23-33(24-22-32)38-27-25-31-12-9-10-17-37(31)43(38)46-50-44(34-13-5-3-6-14-34)49-45(51-46)35-15-7-4-8-16-35/h3-28,46H,1-2H3,(H,49,50,51). The second-order valence-corrected chi connectivity index (χ2v) is 13.7. The minimum atomic E-state index is -0.372. The minimum absolute atomic E-state index is 0.193. The van der Waals surface area contributed by atoms with Gasteiger partial charge in [-0.25, -0.2) is 9.98 Å². The fraction of sp³-hybridized carbons (Fsp3) is 0.0851. The lowest BCUT2D eigenvalue weighted by atomic mass is 9.81. The highest BCUT2D eigenvalue weighted by atomic mass is 15.2. The van der Waals surface area contributed by atoms with E-state index in [2.05, 4.69) is 140 Å². The molecule has 0 spiro atoms. The van der Waals surface area contributed by atoms with Crippen molar-refractivity contribution in [3.05, 3.63) is 191 Å². The highest BCUT2D eigenvalue weighted by molar-refractivity contribution is 6.13. The molecule has 0 bridgehead atoms. The van der Waals surface area contributed by atoms with Crippen LogP contribution >= 0.6 is 0 Å². The van der Waals surface area contributed by atoms with Crippen LogP contribution in [0.15, 0.2) is 168 Å². The zero-order chi connectivity index (χ0) is 34.5. The van der Waals surface area contributed by atoms with Gasteiger partial charge in [0.1, 0.15) is 12.0 Å². The average molecular weight is 655 g/mol. The van der Waals surface area contributed by atoms with E-state index < -0.39 is 0 Å². The number of benzene rings is 7. The minimum Gasteiger partial charge on any atom is -0.344 e. The van der Waals surface area contributed by atoms with Gasteiger partial charge in [-0.05, 0) is 67.4 Å². The number of rotatable bonds is 5. The Hall–Kier alpha value is -6.57. The van der Waals surface area contributed by atoms with E-state index in [4.69, 9.17) is 9.98 Å². The molecule has 51 heavy (non-hydrogen) atoms. The van der Waals surface area contributed by atoms with Gasteiger partial charge in [-0.1, -0.05) is 159 Å². The number of fused-ring (bicyclic) bond motifs is 4. The first kappa shape index (κ1) is 30.5. The van der Waals surface area contributed by atoms with Gasteiger partial charge < -0.3 is 5.32 Å². The molecular weight excluding hydrogens is 621 g/mol. The summed E-state index contributed by atoms with van der Waals surface area (Å²) in [5.41, 5.74) is 13.2. The summed E-state index contributed by atoms with van der Waals surface area (Å²) in [6, 6.07) is 57.5. The van der Waals surface area contributed by atoms with Crippen LogP contribution in [0.25, 0.3) is 44.2 Å². The van der Waals surface area contributed by atoms with Crippen molar-refractivity contribution in [1.82, 2.24) is 5.32 Å². The summed E-state index contributed by atoms with van der Waals surface area (Å²) in [6.07, 6.45) is -0.372. The molecule has 0 radical (unpaired) electrons. The summed E-state index contributed by atoms with van der Waals surface area (Å²) in [7, 11) is 0. The summed E-state index contributed by atoms with van der Waals surface area (Å²) in [6.45, 7) is 4.51. The first-order valence-corrected chi connectivity index (χ1v) is 17.3. The van der Waals surface area contributed by atoms with Gasteiger partial charge in [-0.3, -0.25) is 0 Å². The predicted molar refractivity (Wildman–Crippen MR) is 209 cm³/mol. The zero-order valence-corrected chi connectivity index (χ0v) is 28.4. The predicted octanol–water partition coefficient (Wildman–Crippen LogP) is 10.8. The third kappa shape index (κ3) is 5.14. The van der Waals surface area contributed by atoms with E-state index in [-0.39, 0.29) is 11.6 Å². The zero-order valence-electron chi connectivity index (χ0n) is 28.4. The molecule has 1 aliphatic carbocycles. The second-order valence-electron chi connectivity index (χ2n) is 13.7. The summed E-state index contributed by atoms with van der Waals surface area (Å²) < 4.78 is 0. The number of nitrogens with one attached hydrogen (secondary N) is 1. The maximum atomic E-state index is 9.63. The quantitative estimate of drug-likeness (QED) is 0.201. The highest BCUT2D eigenvalue weighted by Crippen LogP contribution is 2.52. The monoisotopic (exact) mass is 654 g/mol. The van der Waals surface area contributed by atoms with Gasteiger partial charge in [-0.15, -0.1) is 0 Å². The Bertz CT molecular complexity index is 2570. The van der Waals surface area contributed by atoms with Crippen molar-refractivity contribution in [2.45, 2.75) is 25.4 Å². The van der Waals surface area contributed by atoms with Crippen molar-refractivity contribution >= 4 is 22.4 Å². The molecule has 242 valence electrons. The summed E-state index contributed by atoms with van der Waals surface area (Å²) in [5, 5.41) is 15.7. The number of nitriles is 1. The summed E-state index contributed by atoms with van der Waals surface area (Å²) in [5.74, 6) is 1.50. The van der Waals surface area contributed by atoms with Gasteiger partial charge >= 0.3 is 0 Å². The number of hydrogen-bond acceptors (Lipinski definition) is 4. The van der Waals surface area contributed by atoms with Gasteiger partial charge in [-0.2, -0.15) is 5.26 Å². The number of hydrogen-bond donors (Lipinski definition) is 1. The molecule has 0 saturated carbocycles. The van der Waals surface area contributed by atoms with Crippen LogP contribution in [0, 0.1) is 11.3 Å². The van der Waals surface area contributed by atoms with Crippen molar-refractivity contribution < 1.29 is 0 Å². The average Bonchev–Trinajstić information content (AvgIpc) is 3.43. The highest BCUT2D eigenvalue weighted by Gasteiger charge is 2.37. The molecule has 0 amide bonds. The van der Waals surface area contributed by atoms with Crippen LogP contribution in [-0.2, 0) is 5.41 Å². The van der Waals surface area contributed by atoms with E-state index in [0.29, 0.717) is 11.4 Å². The van der Waals surface area contributed by atoms with Crippen molar-refractivity contribution in [3.63, 3.8) is 0 Å². The Labute approximate surface area is 298 Å². The van der Waals surface area contributed by atoms with Crippen LogP contribution in [0.5, 0.6) is 0 Å². The molecule has 7 aromatic rings. The molecule has 1 heterocycles. The van der Waals surface area contributed by atoms with Gasteiger partial charge in [0.05, 0.1) is 11.6 Å². The molecule has 9 rings (SSSR count). The van der Waals surface area contributed by atoms with Crippen LogP contribution in [0.2, 0.25) is 0 Å². The first-order chi connectivity index (χ1) is 25.0. The lowest BCUT2D eigenvalue weighted by molar-refractivity contribution is 0.660. The third-order valence-corrected chi connectivity index (χ3v) is 10.4. The molecule has 4 heteroatoms. The Morgan fingerprint density at radius 3 is 2.00 bits per heavy atom. The van der Waals surface area contributed by atoms with Crippen LogP contribution in [0.1, 0.15) is 53.4 Å². The molecule has 0 fully saturated rings. The van der Waals surface area contributed by atoms with Gasteiger partial charge in [0.25, 0.3) is 0 Å². The molecular formula is C47H34N4. The van der Waals surface area contributed by atoms with E-state index in [0.717, 1.165) is 50.0 Å². The third-order valence-electron chi connectivity index (χ3n) is 10.4. The topological polar surface area (TPSA) is 60.5 Å². The number of nitrogens with zero attached hydrogens (tertiary/aromatic N) is 3. The Kier molecular flexibility index (Phi) is 7.22. The molecule has 0 saturated heterocycles. The summed E-state index contributed by atoms with van der Waals surface area (Å²) >= 11 is 0. The normalized spacial score (nSPS) is 15.6. The van der Waals surface area contributed by atoms with Crippen molar-refractivity contribution in [2.75, 3.05) is 0 Å². The smallest absolute Gasteiger partial charge is 0.159 e. The maximum absolute atomic E-state index is 9.63. The van der Waals surface area contributed by atoms with E-state index >= 15 is 0 Å². The van der Waals surface area contributed by atoms with E-state index in [1.807, 2.05) is 42.5 Å². The number of amidine groups is 2. The molecule has 1 unspecified atom stereocenters. The Morgan fingerprint density at radius 1 is 0.588 bits per heavy atom. The van der Waals surface area contributed by atoms with Crippen LogP contribution in [0.3, 0.4) is 0 Å². The number of aliphatic imine (C=N–C) groups is 2. The molecule has 4 nitrogen and oxygen atoms in total. The fourth-order valence-electron chi connectivity index (χ4n) is 7.83. The lowest BCUT2D eigenvalue weighted by Gasteiger charge is -2.26. The summed E-state index contributed by atoms with van der Waals surface area (Å²) in [4.78, 5) is 10.3. The van der Waals surface area contributed by atoms with Crippen LogP contribution in [0.4, 0.5) is 0 Å². The van der Waals surface area contributed by atoms with Crippen LogP contribution in [-0.4, -0.2) is 11.7 Å². The fourth-order valence-corrected chi connectivity index (χ4v) is 7.83. The molecule has 0 aromatic heterocycles. The van der Waals surface area contributed by atoms with Gasteiger partial charge in [0, 0.05) is 22.1 Å². The first-order valence-electron chi connectivity index (χ1n) is 17.3. The molecule has 2 aliphatic rings. The molecule has 1 atom stereocenters. The molecule has 7 aromatic carbocycles. The van der Waals surface area contributed by atoms with Gasteiger partial charge in [0.2, 0.25) is 0 Å². The largest absolute Gasteiger partial charge is 0.344 e. The van der Waals surface area contributed by atoms with Crippen molar-refractivity contribution in [1.29, 1.82) is 5.26 Å². The lowest BCUT2D eigenvalue weighted by Crippen LogP contribution is -2.34. The van der Waals surface area contributed by atoms with E-state index in [1.165, 1.54) is 27.8 Å². The maximum Gasteiger partial charge on any atom is 0.159 e. The molecule has 1 N–H and O–H groups in total. The van der Waals surface area contributed by atoms with E-state index in [1.54, 1.807) is 0 Å². The van der Waals surface area contributed by atoms with Crippen molar-refractivity contribution in [3.8, 4) is 39.4 Å². The second kappa shape index (κ2) is 12.1. The van der Waals surface area contributed by atoms with E-state index in [9.17, 15) is 5.26 Å². The van der Waals surface area contributed by atoms with Gasteiger partial charge in [0.15, 0.2) is 5.84 Å².